The van der Waals surface area contributed by atoms with Gasteiger partial charge in [-0.25, -0.2) is 0 Å². The molecule has 2 unspecified atom stereocenters. The van der Waals surface area contributed by atoms with E-state index in [0.29, 0.717) is 6.04 Å². The summed E-state index contributed by atoms with van der Waals surface area (Å²) in [7, 11) is 1.72. The van der Waals surface area contributed by atoms with Gasteiger partial charge in [-0.1, -0.05) is 6.42 Å². The summed E-state index contributed by atoms with van der Waals surface area (Å²) in [6, 6.07) is 4.70. The van der Waals surface area contributed by atoms with Crippen molar-refractivity contribution in [2.75, 3.05) is 20.3 Å². The highest BCUT2D eigenvalue weighted by atomic mass is 16.5. The lowest BCUT2D eigenvalue weighted by molar-refractivity contribution is 0.111. The van der Waals surface area contributed by atoms with Crippen LogP contribution in [0.5, 0.6) is 11.5 Å². The number of methoxy groups -OCH3 is 1. The third kappa shape index (κ3) is 3.23. The maximum absolute atomic E-state index is 9.30. The van der Waals surface area contributed by atoms with Crippen molar-refractivity contribution in [2.24, 2.45) is 0 Å². The standard InChI is InChI=1S/C18H27NO3/c1-13-9-14-10-17(21-2)11-15(18(14)22-13)12-19-7-4-3-5-16(19)6-8-20/h10-11,13,16,20H,3-9,12H2,1-2H3. The van der Waals surface area contributed by atoms with Crippen molar-refractivity contribution < 1.29 is 14.6 Å². The van der Waals surface area contributed by atoms with Crippen LogP contribution in [-0.2, 0) is 13.0 Å². The van der Waals surface area contributed by atoms with E-state index in [0.717, 1.165) is 37.4 Å². The number of aliphatic hydroxyl groups excluding tert-OH is 1. The van der Waals surface area contributed by atoms with Crippen molar-refractivity contribution in [3.8, 4) is 11.5 Å². The average molecular weight is 305 g/mol. The van der Waals surface area contributed by atoms with Gasteiger partial charge in [-0.3, -0.25) is 4.90 Å². The fraction of sp³-hybridized carbons (Fsp3) is 0.667. The van der Waals surface area contributed by atoms with Gasteiger partial charge in [-0.2, -0.15) is 0 Å². The molecule has 2 aliphatic rings. The van der Waals surface area contributed by atoms with E-state index in [1.807, 2.05) is 0 Å². The van der Waals surface area contributed by atoms with E-state index >= 15 is 0 Å². The molecular formula is C18H27NO3. The number of ether oxygens (including phenoxy) is 2. The molecule has 3 rings (SSSR count). The largest absolute Gasteiger partial charge is 0.497 e. The van der Waals surface area contributed by atoms with Gasteiger partial charge in [0, 0.05) is 36.7 Å². The topological polar surface area (TPSA) is 41.9 Å². The van der Waals surface area contributed by atoms with Gasteiger partial charge in [0.25, 0.3) is 0 Å². The number of rotatable bonds is 5. The molecule has 0 aromatic heterocycles. The van der Waals surface area contributed by atoms with Gasteiger partial charge in [0.05, 0.1) is 7.11 Å². The van der Waals surface area contributed by atoms with Crippen LogP contribution in [-0.4, -0.2) is 42.4 Å². The van der Waals surface area contributed by atoms with Gasteiger partial charge in [0.1, 0.15) is 17.6 Å². The SMILES string of the molecule is COc1cc2c(c(CN3CCCCC3CCO)c1)OC(C)C2. The molecule has 1 N–H and O–H groups in total. The van der Waals surface area contributed by atoms with Crippen LogP contribution >= 0.6 is 0 Å². The number of aliphatic hydroxyl groups is 1. The molecule has 0 aliphatic carbocycles. The number of fused-ring (bicyclic) bond motifs is 1. The van der Waals surface area contributed by atoms with Crippen molar-refractivity contribution in [1.82, 2.24) is 4.90 Å². The predicted octanol–water partition coefficient (Wildman–Crippen LogP) is 2.76. The molecule has 0 radical (unpaired) electrons. The highest BCUT2D eigenvalue weighted by molar-refractivity contribution is 5.49. The third-order valence-electron chi connectivity index (χ3n) is 4.86. The summed E-state index contributed by atoms with van der Waals surface area (Å²) in [5.41, 5.74) is 2.49. The highest BCUT2D eigenvalue weighted by Crippen LogP contribution is 2.37. The monoisotopic (exact) mass is 305 g/mol. The van der Waals surface area contributed by atoms with Crippen molar-refractivity contribution in [2.45, 2.75) is 57.7 Å². The molecule has 0 spiro atoms. The highest BCUT2D eigenvalue weighted by Gasteiger charge is 2.27. The number of hydrogen-bond donors (Lipinski definition) is 1. The molecule has 1 fully saturated rings. The van der Waals surface area contributed by atoms with E-state index in [1.54, 1.807) is 7.11 Å². The Morgan fingerprint density at radius 1 is 1.36 bits per heavy atom. The Morgan fingerprint density at radius 2 is 2.23 bits per heavy atom. The van der Waals surface area contributed by atoms with E-state index in [4.69, 9.17) is 9.47 Å². The van der Waals surface area contributed by atoms with Crippen LogP contribution in [0.25, 0.3) is 0 Å². The number of piperidine rings is 1. The molecule has 0 saturated carbocycles. The quantitative estimate of drug-likeness (QED) is 0.908. The molecule has 1 aromatic carbocycles. The molecule has 22 heavy (non-hydrogen) atoms. The van der Waals surface area contributed by atoms with Crippen LogP contribution < -0.4 is 9.47 Å². The number of benzene rings is 1. The summed E-state index contributed by atoms with van der Waals surface area (Å²) >= 11 is 0. The Bertz CT molecular complexity index is 515. The van der Waals surface area contributed by atoms with Gasteiger partial charge in [-0.05, 0) is 44.9 Å². The minimum atomic E-state index is 0.246. The van der Waals surface area contributed by atoms with Crippen LogP contribution in [0.4, 0.5) is 0 Å². The first-order valence-corrected chi connectivity index (χ1v) is 8.42. The first-order valence-electron chi connectivity index (χ1n) is 8.42. The second-order valence-corrected chi connectivity index (χ2v) is 6.54. The van der Waals surface area contributed by atoms with Gasteiger partial charge < -0.3 is 14.6 Å². The Kier molecular flexibility index (Phi) is 4.89. The molecular weight excluding hydrogens is 278 g/mol. The summed E-state index contributed by atoms with van der Waals surface area (Å²) in [4.78, 5) is 2.50. The normalized spacial score (nSPS) is 24.9. The van der Waals surface area contributed by atoms with Crippen molar-refractivity contribution in [3.05, 3.63) is 23.3 Å². The Labute approximate surface area is 133 Å². The smallest absolute Gasteiger partial charge is 0.127 e. The molecule has 0 amide bonds. The van der Waals surface area contributed by atoms with Gasteiger partial charge >= 0.3 is 0 Å². The summed E-state index contributed by atoms with van der Waals surface area (Å²) in [6.07, 6.45) is 5.76. The molecule has 122 valence electrons. The number of likely N-dealkylation sites (tertiary alicyclic amines) is 1. The Hall–Kier alpha value is -1.26. The maximum Gasteiger partial charge on any atom is 0.127 e. The van der Waals surface area contributed by atoms with Gasteiger partial charge in [0.2, 0.25) is 0 Å². The van der Waals surface area contributed by atoms with Crippen molar-refractivity contribution in [3.63, 3.8) is 0 Å². The minimum Gasteiger partial charge on any atom is -0.497 e. The second kappa shape index (κ2) is 6.88. The van der Waals surface area contributed by atoms with Crippen LogP contribution in [0.15, 0.2) is 12.1 Å². The number of nitrogens with zero attached hydrogens (tertiary/aromatic N) is 1. The Balaban J connectivity index is 1.83. The van der Waals surface area contributed by atoms with Crippen LogP contribution in [0, 0.1) is 0 Å². The predicted molar refractivity (Wildman–Crippen MR) is 86.5 cm³/mol. The first kappa shape index (κ1) is 15.6. The summed E-state index contributed by atoms with van der Waals surface area (Å²) in [5.74, 6) is 1.98. The lowest BCUT2D eigenvalue weighted by Gasteiger charge is -2.35. The molecule has 1 saturated heterocycles. The van der Waals surface area contributed by atoms with Crippen molar-refractivity contribution >= 4 is 0 Å². The fourth-order valence-corrected chi connectivity index (χ4v) is 3.78. The molecule has 2 atom stereocenters. The van der Waals surface area contributed by atoms with Crippen molar-refractivity contribution in [1.29, 1.82) is 0 Å². The minimum absolute atomic E-state index is 0.246. The van der Waals surface area contributed by atoms with E-state index < -0.39 is 0 Å². The van der Waals surface area contributed by atoms with E-state index in [2.05, 4.69) is 24.0 Å². The van der Waals surface area contributed by atoms with E-state index in [-0.39, 0.29) is 12.7 Å². The molecule has 2 aliphatic heterocycles. The first-order chi connectivity index (χ1) is 10.7. The van der Waals surface area contributed by atoms with Gasteiger partial charge in [-0.15, -0.1) is 0 Å². The van der Waals surface area contributed by atoms with Crippen LogP contribution in [0.1, 0.15) is 43.7 Å². The van der Waals surface area contributed by atoms with Gasteiger partial charge in [0.15, 0.2) is 0 Å². The zero-order valence-electron chi connectivity index (χ0n) is 13.7. The number of hydrogen-bond acceptors (Lipinski definition) is 4. The molecule has 4 nitrogen and oxygen atoms in total. The Morgan fingerprint density at radius 3 is 3.00 bits per heavy atom. The molecule has 4 heteroatoms. The maximum atomic E-state index is 9.30. The summed E-state index contributed by atoms with van der Waals surface area (Å²) < 4.78 is 11.5. The van der Waals surface area contributed by atoms with Crippen LogP contribution in [0.2, 0.25) is 0 Å². The lowest BCUT2D eigenvalue weighted by atomic mass is 9.98. The zero-order chi connectivity index (χ0) is 15.5. The lowest BCUT2D eigenvalue weighted by Crippen LogP contribution is -2.39. The molecule has 2 heterocycles. The molecule has 0 bridgehead atoms. The zero-order valence-corrected chi connectivity index (χ0v) is 13.7. The van der Waals surface area contributed by atoms with E-state index in [9.17, 15) is 5.11 Å². The van der Waals surface area contributed by atoms with E-state index in [1.165, 1.54) is 30.4 Å². The fourth-order valence-electron chi connectivity index (χ4n) is 3.78. The summed E-state index contributed by atoms with van der Waals surface area (Å²) in [6.45, 7) is 4.37. The second-order valence-electron chi connectivity index (χ2n) is 6.54. The third-order valence-corrected chi connectivity index (χ3v) is 4.86. The average Bonchev–Trinajstić information content (AvgIpc) is 2.90. The van der Waals surface area contributed by atoms with Crippen LogP contribution in [0.3, 0.4) is 0 Å². The molecule has 1 aromatic rings. The summed E-state index contributed by atoms with van der Waals surface area (Å²) in [5, 5.41) is 9.30.